The lowest BCUT2D eigenvalue weighted by atomic mass is 9.79. The van der Waals surface area contributed by atoms with Crippen molar-refractivity contribution in [1.82, 2.24) is 0 Å². The van der Waals surface area contributed by atoms with Crippen molar-refractivity contribution in [3.63, 3.8) is 0 Å². The van der Waals surface area contributed by atoms with E-state index < -0.39 is 0 Å². The van der Waals surface area contributed by atoms with E-state index in [1.807, 2.05) is 17.5 Å². The minimum absolute atomic E-state index is 0.256. The maximum Gasteiger partial charge on any atom is 0.167 e. The molecule has 0 radical (unpaired) electrons. The predicted octanol–water partition coefficient (Wildman–Crippen LogP) is 4.91. The number of fused-ring (bicyclic) bond motifs is 1. The third-order valence-electron chi connectivity index (χ3n) is 4.05. The molecule has 0 spiro atoms. The van der Waals surface area contributed by atoms with Crippen molar-refractivity contribution in [2.45, 2.75) is 32.6 Å². The molecule has 2 aromatic rings. The lowest BCUT2D eigenvalue weighted by molar-refractivity contribution is 0.0870. The number of carbonyl (C=O) groups is 1. The summed E-state index contributed by atoms with van der Waals surface area (Å²) in [7, 11) is 0. The maximum absolute atomic E-state index is 12.6. The van der Waals surface area contributed by atoms with Crippen LogP contribution in [0.5, 0.6) is 0 Å². The van der Waals surface area contributed by atoms with Gasteiger partial charge in [-0.25, -0.2) is 0 Å². The van der Waals surface area contributed by atoms with Gasteiger partial charge in [0.05, 0.1) is 0 Å². The molecule has 3 rings (SSSR count). The summed E-state index contributed by atoms with van der Waals surface area (Å²) in [5.41, 5.74) is 0.953. The van der Waals surface area contributed by atoms with Crippen molar-refractivity contribution in [1.29, 1.82) is 0 Å². The van der Waals surface area contributed by atoms with Crippen LogP contribution in [0.25, 0.3) is 10.1 Å². The molecule has 94 valence electrons. The van der Waals surface area contributed by atoms with Crippen LogP contribution < -0.4 is 0 Å². The minimum atomic E-state index is 0.256. The van der Waals surface area contributed by atoms with Gasteiger partial charge in [-0.1, -0.05) is 38.0 Å². The minimum Gasteiger partial charge on any atom is -0.294 e. The lowest BCUT2D eigenvalue weighted by Gasteiger charge is -2.25. The molecule has 2 unspecified atom stereocenters. The molecule has 1 aliphatic rings. The third-order valence-corrected chi connectivity index (χ3v) is 5.02. The fourth-order valence-electron chi connectivity index (χ4n) is 3.06. The number of rotatable bonds is 2. The third kappa shape index (κ3) is 2.10. The standard InChI is InChI=1S/C16H18OS/c1-11-5-4-6-12(9-11)16(17)14-10-18-15-8-3-2-7-13(14)15/h2-3,7-8,10-12H,4-6,9H2,1H3. The van der Waals surface area contributed by atoms with E-state index in [2.05, 4.69) is 19.1 Å². The second-order valence-corrected chi connectivity index (χ2v) is 6.39. The smallest absolute Gasteiger partial charge is 0.167 e. The van der Waals surface area contributed by atoms with E-state index in [0.717, 1.165) is 23.8 Å². The Kier molecular flexibility index (Phi) is 3.21. The molecule has 0 amide bonds. The molecule has 0 saturated heterocycles. The monoisotopic (exact) mass is 258 g/mol. The molecular weight excluding hydrogens is 240 g/mol. The van der Waals surface area contributed by atoms with Gasteiger partial charge in [0.25, 0.3) is 0 Å². The molecule has 1 nitrogen and oxygen atoms in total. The van der Waals surface area contributed by atoms with Gasteiger partial charge in [0.15, 0.2) is 5.78 Å². The quantitative estimate of drug-likeness (QED) is 0.699. The fraction of sp³-hybridized carbons (Fsp3) is 0.438. The van der Waals surface area contributed by atoms with Crippen molar-refractivity contribution < 1.29 is 4.79 Å². The Morgan fingerprint density at radius 2 is 2.11 bits per heavy atom. The predicted molar refractivity (Wildman–Crippen MR) is 77.3 cm³/mol. The maximum atomic E-state index is 12.6. The molecule has 1 saturated carbocycles. The van der Waals surface area contributed by atoms with Gasteiger partial charge in [-0.2, -0.15) is 0 Å². The highest BCUT2D eigenvalue weighted by Gasteiger charge is 2.27. The Labute approximate surface area is 112 Å². The Morgan fingerprint density at radius 3 is 2.94 bits per heavy atom. The van der Waals surface area contributed by atoms with Crippen molar-refractivity contribution in [3.05, 3.63) is 35.2 Å². The molecule has 1 fully saturated rings. The number of hydrogen-bond acceptors (Lipinski definition) is 2. The van der Waals surface area contributed by atoms with E-state index in [4.69, 9.17) is 0 Å². The Bertz CT molecular complexity index is 569. The first-order valence-electron chi connectivity index (χ1n) is 6.76. The molecule has 0 N–H and O–H groups in total. The van der Waals surface area contributed by atoms with Crippen molar-refractivity contribution in [2.75, 3.05) is 0 Å². The van der Waals surface area contributed by atoms with Crippen LogP contribution in [-0.4, -0.2) is 5.78 Å². The van der Waals surface area contributed by atoms with Gasteiger partial charge in [-0.3, -0.25) is 4.79 Å². The SMILES string of the molecule is CC1CCCC(C(=O)c2csc3ccccc23)C1. The highest BCUT2D eigenvalue weighted by molar-refractivity contribution is 7.17. The molecule has 18 heavy (non-hydrogen) atoms. The van der Waals surface area contributed by atoms with E-state index in [1.54, 1.807) is 11.3 Å². The average Bonchev–Trinajstić information content (AvgIpc) is 2.82. The molecule has 1 aliphatic carbocycles. The van der Waals surface area contributed by atoms with Gasteiger partial charge in [0.2, 0.25) is 0 Å². The average molecular weight is 258 g/mol. The molecule has 1 aromatic carbocycles. The van der Waals surface area contributed by atoms with Gasteiger partial charge >= 0.3 is 0 Å². The summed E-state index contributed by atoms with van der Waals surface area (Å²) >= 11 is 1.69. The number of hydrogen-bond donors (Lipinski definition) is 0. The molecular formula is C16H18OS. The number of carbonyl (C=O) groups excluding carboxylic acids is 1. The van der Waals surface area contributed by atoms with Crippen LogP contribution in [0.3, 0.4) is 0 Å². The van der Waals surface area contributed by atoms with Crippen LogP contribution in [0, 0.1) is 11.8 Å². The normalized spacial score (nSPS) is 24.3. The van der Waals surface area contributed by atoms with Crippen LogP contribution in [0.15, 0.2) is 29.6 Å². The number of thiophene rings is 1. The highest BCUT2D eigenvalue weighted by atomic mass is 32.1. The van der Waals surface area contributed by atoms with Crippen LogP contribution >= 0.6 is 11.3 Å². The largest absolute Gasteiger partial charge is 0.294 e. The van der Waals surface area contributed by atoms with Crippen molar-refractivity contribution in [2.24, 2.45) is 11.8 Å². The molecule has 2 atom stereocenters. The van der Waals surface area contributed by atoms with Crippen LogP contribution in [0.1, 0.15) is 43.0 Å². The first-order valence-corrected chi connectivity index (χ1v) is 7.64. The summed E-state index contributed by atoms with van der Waals surface area (Å²) in [4.78, 5) is 12.6. The molecule has 1 heterocycles. The van der Waals surface area contributed by atoms with Gasteiger partial charge in [0, 0.05) is 26.9 Å². The van der Waals surface area contributed by atoms with Gasteiger partial charge < -0.3 is 0 Å². The second-order valence-electron chi connectivity index (χ2n) is 5.48. The summed E-state index contributed by atoms with van der Waals surface area (Å²) in [6.07, 6.45) is 4.64. The molecule has 0 bridgehead atoms. The van der Waals surface area contributed by atoms with Crippen LogP contribution in [-0.2, 0) is 0 Å². The second kappa shape index (κ2) is 4.85. The number of Topliss-reactive ketones (excluding diaryl/α,β-unsaturated/α-hetero) is 1. The summed E-state index contributed by atoms with van der Waals surface area (Å²) in [6, 6.07) is 8.23. The Hall–Kier alpha value is -1.15. The van der Waals surface area contributed by atoms with Gasteiger partial charge in [-0.05, 0) is 24.8 Å². The van der Waals surface area contributed by atoms with Crippen LogP contribution in [0.2, 0.25) is 0 Å². The Morgan fingerprint density at radius 1 is 1.28 bits per heavy atom. The Balaban J connectivity index is 1.92. The van der Waals surface area contributed by atoms with E-state index in [9.17, 15) is 4.79 Å². The van der Waals surface area contributed by atoms with Gasteiger partial charge in [-0.15, -0.1) is 11.3 Å². The van der Waals surface area contributed by atoms with E-state index >= 15 is 0 Å². The van der Waals surface area contributed by atoms with Crippen molar-refractivity contribution >= 4 is 27.2 Å². The van der Waals surface area contributed by atoms with E-state index in [-0.39, 0.29) is 5.92 Å². The van der Waals surface area contributed by atoms with Crippen LogP contribution in [0.4, 0.5) is 0 Å². The first-order chi connectivity index (χ1) is 8.75. The summed E-state index contributed by atoms with van der Waals surface area (Å²) in [5, 5.41) is 3.19. The molecule has 2 heteroatoms. The summed E-state index contributed by atoms with van der Waals surface area (Å²) in [5.74, 6) is 1.34. The highest BCUT2D eigenvalue weighted by Crippen LogP contribution is 2.34. The topological polar surface area (TPSA) is 17.1 Å². The zero-order chi connectivity index (χ0) is 12.5. The summed E-state index contributed by atoms with van der Waals surface area (Å²) in [6.45, 7) is 2.27. The fourth-order valence-corrected chi connectivity index (χ4v) is 4.01. The first kappa shape index (κ1) is 11.9. The van der Waals surface area contributed by atoms with Gasteiger partial charge in [0.1, 0.15) is 0 Å². The zero-order valence-electron chi connectivity index (χ0n) is 10.7. The summed E-state index contributed by atoms with van der Waals surface area (Å²) < 4.78 is 1.23. The van der Waals surface area contributed by atoms with E-state index in [0.29, 0.717) is 11.7 Å². The number of benzene rings is 1. The lowest BCUT2D eigenvalue weighted by Crippen LogP contribution is -2.21. The number of ketones is 1. The van der Waals surface area contributed by atoms with E-state index in [1.165, 1.54) is 17.5 Å². The molecule has 0 aliphatic heterocycles. The molecule has 1 aromatic heterocycles. The van der Waals surface area contributed by atoms with Crippen molar-refractivity contribution in [3.8, 4) is 0 Å². The zero-order valence-corrected chi connectivity index (χ0v) is 11.5.